The molecule has 3 aromatic carbocycles. The molecule has 2 amide bonds. The van der Waals surface area contributed by atoms with Crippen molar-refractivity contribution in [2.24, 2.45) is 0 Å². The second-order valence-electron chi connectivity index (χ2n) is 8.65. The Balaban J connectivity index is 1.51. The topological polar surface area (TPSA) is 81.6 Å². The zero-order valence-electron chi connectivity index (χ0n) is 20.6. The van der Waals surface area contributed by atoms with Crippen LogP contribution in [0.5, 0.6) is 0 Å². The molecule has 0 spiro atoms. The summed E-state index contributed by atoms with van der Waals surface area (Å²) in [5.41, 5.74) is 5.39. The first-order valence-corrected chi connectivity index (χ1v) is 11.9. The van der Waals surface area contributed by atoms with Gasteiger partial charge in [-0.3, -0.25) is 9.59 Å². The van der Waals surface area contributed by atoms with E-state index < -0.39 is 0 Å². The van der Waals surface area contributed by atoms with E-state index in [1.165, 1.54) is 0 Å². The Morgan fingerprint density at radius 2 is 1.72 bits per heavy atom. The number of carbonyl (C=O) groups is 2. The van der Waals surface area contributed by atoms with Crippen molar-refractivity contribution in [3.8, 4) is 0 Å². The standard InChI is InChI=1S/C29H31N3O4/c1-21-7-6-10-23(15-21)18-32-26-12-11-25(16-24(26)17-27(32)29(34)30-13-14-35-2)31-28(33)20-36-19-22-8-4-3-5-9-22/h3-12,15-17H,13-14,18-20H2,1-2H3,(H,30,34)(H,31,33). The van der Waals surface area contributed by atoms with E-state index in [-0.39, 0.29) is 18.4 Å². The average molecular weight is 486 g/mol. The summed E-state index contributed by atoms with van der Waals surface area (Å²) >= 11 is 0. The molecule has 1 aromatic heterocycles. The predicted octanol–water partition coefficient (Wildman–Crippen LogP) is 4.53. The monoisotopic (exact) mass is 485 g/mol. The van der Waals surface area contributed by atoms with Gasteiger partial charge >= 0.3 is 0 Å². The Labute approximate surface area is 211 Å². The minimum absolute atomic E-state index is 0.0472. The van der Waals surface area contributed by atoms with Gasteiger partial charge in [-0.2, -0.15) is 0 Å². The number of carbonyl (C=O) groups excluding carboxylic acids is 2. The molecule has 0 fully saturated rings. The second kappa shape index (κ2) is 12.2. The molecule has 7 nitrogen and oxygen atoms in total. The van der Waals surface area contributed by atoms with E-state index in [0.29, 0.717) is 37.7 Å². The normalized spacial score (nSPS) is 10.9. The van der Waals surface area contributed by atoms with E-state index in [1.807, 2.05) is 78.2 Å². The first-order valence-electron chi connectivity index (χ1n) is 11.9. The van der Waals surface area contributed by atoms with E-state index in [4.69, 9.17) is 9.47 Å². The van der Waals surface area contributed by atoms with Crippen molar-refractivity contribution in [3.05, 3.63) is 101 Å². The first-order chi connectivity index (χ1) is 17.5. The molecule has 0 radical (unpaired) electrons. The number of benzene rings is 3. The molecule has 0 aliphatic rings. The van der Waals surface area contributed by atoms with Gasteiger partial charge in [0.25, 0.3) is 5.91 Å². The molecule has 36 heavy (non-hydrogen) atoms. The molecular formula is C29H31N3O4. The van der Waals surface area contributed by atoms with E-state index in [2.05, 4.69) is 22.8 Å². The Kier molecular flexibility index (Phi) is 8.49. The molecule has 0 bridgehead atoms. The number of amides is 2. The van der Waals surface area contributed by atoms with Crippen LogP contribution in [-0.2, 0) is 27.4 Å². The first kappa shape index (κ1) is 25.2. The van der Waals surface area contributed by atoms with Crippen LogP contribution >= 0.6 is 0 Å². The second-order valence-corrected chi connectivity index (χ2v) is 8.65. The number of nitrogens with one attached hydrogen (secondary N) is 2. The lowest BCUT2D eigenvalue weighted by Crippen LogP contribution is -2.29. The van der Waals surface area contributed by atoms with Crippen molar-refractivity contribution in [3.63, 3.8) is 0 Å². The molecule has 0 saturated heterocycles. The molecule has 1 heterocycles. The molecule has 7 heteroatoms. The predicted molar refractivity (Wildman–Crippen MR) is 141 cm³/mol. The van der Waals surface area contributed by atoms with Crippen LogP contribution in [0.25, 0.3) is 10.9 Å². The van der Waals surface area contributed by atoms with Gasteiger partial charge in [0.05, 0.1) is 13.2 Å². The lowest BCUT2D eigenvalue weighted by molar-refractivity contribution is -0.121. The summed E-state index contributed by atoms with van der Waals surface area (Å²) < 4.78 is 12.6. The molecular weight excluding hydrogens is 454 g/mol. The molecule has 2 N–H and O–H groups in total. The molecule has 0 saturated carbocycles. The van der Waals surface area contributed by atoms with Gasteiger partial charge in [-0.1, -0.05) is 60.2 Å². The summed E-state index contributed by atoms with van der Waals surface area (Å²) in [6, 6.07) is 25.5. The number of methoxy groups -OCH3 is 1. The van der Waals surface area contributed by atoms with Crippen molar-refractivity contribution in [1.82, 2.24) is 9.88 Å². The number of ether oxygens (including phenoxy) is 2. The van der Waals surface area contributed by atoms with Crippen LogP contribution in [0.3, 0.4) is 0 Å². The number of aryl methyl sites for hydroxylation is 1. The van der Waals surface area contributed by atoms with Gasteiger partial charge in [-0.05, 0) is 42.3 Å². The summed E-state index contributed by atoms with van der Waals surface area (Å²) in [5.74, 6) is -0.405. The van der Waals surface area contributed by atoms with Crippen molar-refractivity contribution in [1.29, 1.82) is 0 Å². The van der Waals surface area contributed by atoms with Crippen LogP contribution in [0.2, 0.25) is 0 Å². The van der Waals surface area contributed by atoms with E-state index >= 15 is 0 Å². The van der Waals surface area contributed by atoms with Crippen molar-refractivity contribution in [2.45, 2.75) is 20.1 Å². The molecule has 4 rings (SSSR count). The number of hydrogen-bond donors (Lipinski definition) is 2. The smallest absolute Gasteiger partial charge is 0.268 e. The minimum atomic E-state index is -0.234. The number of anilines is 1. The van der Waals surface area contributed by atoms with Crippen LogP contribution in [0.1, 0.15) is 27.2 Å². The highest BCUT2D eigenvalue weighted by Crippen LogP contribution is 2.25. The summed E-state index contributed by atoms with van der Waals surface area (Å²) in [5, 5.41) is 6.66. The van der Waals surface area contributed by atoms with Crippen molar-refractivity contribution in [2.75, 3.05) is 32.2 Å². The third-order valence-corrected chi connectivity index (χ3v) is 5.78. The van der Waals surface area contributed by atoms with Gasteiger partial charge in [0.1, 0.15) is 12.3 Å². The summed E-state index contributed by atoms with van der Waals surface area (Å²) in [6.07, 6.45) is 0. The fourth-order valence-electron chi connectivity index (χ4n) is 4.09. The number of rotatable bonds is 11. The maximum Gasteiger partial charge on any atom is 0.268 e. The van der Waals surface area contributed by atoms with Crippen molar-refractivity contribution < 1.29 is 19.1 Å². The van der Waals surface area contributed by atoms with Crippen LogP contribution in [0.4, 0.5) is 5.69 Å². The largest absolute Gasteiger partial charge is 0.383 e. The highest BCUT2D eigenvalue weighted by Gasteiger charge is 2.17. The van der Waals surface area contributed by atoms with E-state index in [9.17, 15) is 9.59 Å². The van der Waals surface area contributed by atoms with Gasteiger partial charge in [-0.25, -0.2) is 0 Å². The zero-order chi connectivity index (χ0) is 25.3. The average Bonchev–Trinajstić information content (AvgIpc) is 3.22. The van der Waals surface area contributed by atoms with Crippen molar-refractivity contribution >= 4 is 28.4 Å². The number of aromatic nitrogens is 1. The van der Waals surface area contributed by atoms with Gasteiger partial charge in [0.2, 0.25) is 5.91 Å². The maximum atomic E-state index is 13.0. The van der Waals surface area contributed by atoms with Crippen LogP contribution < -0.4 is 10.6 Å². The Morgan fingerprint density at radius 3 is 2.50 bits per heavy atom. The maximum absolute atomic E-state index is 13.0. The quantitative estimate of drug-likeness (QED) is 0.306. The molecule has 0 aliphatic heterocycles. The number of nitrogens with zero attached hydrogens (tertiary/aromatic N) is 1. The minimum Gasteiger partial charge on any atom is -0.383 e. The number of hydrogen-bond acceptors (Lipinski definition) is 4. The zero-order valence-corrected chi connectivity index (χ0v) is 20.6. The fraction of sp³-hybridized carbons (Fsp3) is 0.241. The van der Waals surface area contributed by atoms with Crippen LogP contribution in [-0.4, -0.2) is 43.2 Å². The van der Waals surface area contributed by atoms with Crippen LogP contribution in [0.15, 0.2) is 78.9 Å². The lowest BCUT2D eigenvalue weighted by Gasteiger charge is -2.12. The molecule has 4 aromatic rings. The van der Waals surface area contributed by atoms with Gasteiger partial charge in [-0.15, -0.1) is 0 Å². The summed E-state index contributed by atoms with van der Waals surface area (Å²) in [4.78, 5) is 25.4. The summed E-state index contributed by atoms with van der Waals surface area (Å²) in [6.45, 7) is 3.79. The highest BCUT2D eigenvalue weighted by molar-refractivity contribution is 6.00. The summed E-state index contributed by atoms with van der Waals surface area (Å²) in [7, 11) is 1.60. The lowest BCUT2D eigenvalue weighted by atomic mass is 10.1. The Bertz CT molecular complexity index is 1330. The molecule has 0 atom stereocenters. The third-order valence-electron chi connectivity index (χ3n) is 5.78. The molecule has 0 unspecified atom stereocenters. The van der Waals surface area contributed by atoms with E-state index in [0.717, 1.165) is 27.6 Å². The SMILES string of the molecule is COCCNC(=O)c1cc2cc(NC(=O)COCc3ccccc3)ccc2n1Cc1cccc(C)c1. The third kappa shape index (κ3) is 6.59. The molecule has 186 valence electrons. The van der Waals surface area contributed by atoms with Gasteiger partial charge in [0, 0.05) is 36.8 Å². The molecule has 0 aliphatic carbocycles. The Hall–Kier alpha value is -3.94. The van der Waals surface area contributed by atoms with Gasteiger partial charge in [0.15, 0.2) is 0 Å². The highest BCUT2D eigenvalue weighted by atomic mass is 16.5. The Morgan fingerprint density at radius 1 is 0.917 bits per heavy atom. The fourth-order valence-corrected chi connectivity index (χ4v) is 4.09. The van der Waals surface area contributed by atoms with Crippen LogP contribution in [0, 0.1) is 6.92 Å². The number of fused-ring (bicyclic) bond motifs is 1. The van der Waals surface area contributed by atoms with Gasteiger partial charge < -0.3 is 24.7 Å². The van der Waals surface area contributed by atoms with E-state index in [1.54, 1.807) is 7.11 Å².